The zero-order valence-corrected chi connectivity index (χ0v) is 14.0. The standard InChI is InChI=1S/C13H10Cl2N2O2S2/c1-9(8-16)17(10-5-3-2-4-6-10)21(18,19)11-7-12(14)20-13(11)15/h2-7,9H,1H3/t9-/m1/s1. The molecule has 0 aliphatic heterocycles. The fraction of sp³-hybridized carbons (Fsp3) is 0.154. The van der Waals surface area contributed by atoms with E-state index in [2.05, 4.69) is 0 Å². The van der Waals surface area contributed by atoms with E-state index in [0.717, 1.165) is 15.6 Å². The lowest BCUT2D eigenvalue weighted by atomic mass is 10.3. The molecule has 2 rings (SSSR count). The minimum absolute atomic E-state index is 0.0751. The van der Waals surface area contributed by atoms with Crippen LogP contribution in [-0.2, 0) is 10.0 Å². The van der Waals surface area contributed by atoms with E-state index < -0.39 is 16.1 Å². The molecule has 0 saturated carbocycles. The van der Waals surface area contributed by atoms with Gasteiger partial charge in [-0.15, -0.1) is 11.3 Å². The Morgan fingerprint density at radius 3 is 2.38 bits per heavy atom. The van der Waals surface area contributed by atoms with Gasteiger partial charge in [0, 0.05) is 0 Å². The molecule has 0 spiro atoms. The quantitative estimate of drug-likeness (QED) is 0.821. The first-order chi connectivity index (χ1) is 9.87. The van der Waals surface area contributed by atoms with E-state index in [9.17, 15) is 8.42 Å². The summed E-state index contributed by atoms with van der Waals surface area (Å²) >= 11 is 12.7. The van der Waals surface area contributed by atoms with E-state index in [1.807, 2.05) is 6.07 Å². The summed E-state index contributed by atoms with van der Waals surface area (Å²) in [5, 5.41) is 9.14. The molecule has 0 unspecified atom stereocenters. The van der Waals surface area contributed by atoms with Crippen LogP contribution in [0.5, 0.6) is 0 Å². The molecule has 1 aromatic carbocycles. The summed E-state index contributed by atoms with van der Waals surface area (Å²) in [6, 6.07) is 10.8. The number of para-hydroxylation sites is 1. The summed E-state index contributed by atoms with van der Waals surface area (Å²) < 4.78 is 27.0. The molecule has 1 aromatic heterocycles. The molecule has 21 heavy (non-hydrogen) atoms. The number of anilines is 1. The first-order valence-electron chi connectivity index (χ1n) is 5.82. The summed E-state index contributed by atoms with van der Waals surface area (Å²) in [5.41, 5.74) is 0.393. The molecule has 2 aromatic rings. The summed E-state index contributed by atoms with van der Waals surface area (Å²) in [6.45, 7) is 1.51. The van der Waals surface area contributed by atoms with Gasteiger partial charge >= 0.3 is 0 Å². The van der Waals surface area contributed by atoms with E-state index in [0.29, 0.717) is 5.69 Å². The Hall–Kier alpha value is -1.26. The van der Waals surface area contributed by atoms with E-state index in [-0.39, 0.29) is 13.6 Å². The Labute approximate surface area is 137 Å². The molecule has 4 nitrogen and oxygen atoms in total. The smallest absolute Gasteiger partial charge is 0.249 e. The molecule has 0 aliphatic rings. The third kappa shape index (κ3) is 3.16. The average molecular weight is 361 g/mol. The maximum Gasteiger partial charge on any atom is 0.267 e. The van der Waals surface area contributed by atoms with Crippen LogP contribution in [0.25, 0.3) is 0 Å². The second kappa shape index (κ2) is 6.24. The largest absolute Gasteiger partial charge is 0.267 e. The van der Waals surface area contributed by atoms with Crippen LogP contribution in [0.15, 0.2) is 41.3 Å². The second-order valence-corrected chi connectivity index (χ2v) is 8.20. The van der Waals surface area contributed by atoms with Crippen molar-refractivity contribution in [2.75, 3.05) is 4.31 Å². The highest BCUT2D eigenvalue weighted by Gasteiger charge is 2.32. The van der Waals surface area contributed by atoms with Gasteiger partial charge in [-0.2, -0.15) is 5.26 Å². The molecule has 110 valence electrons. The minimum atomic E-state index is -3.97. The summed E-state index contributed by atoms with van der Waals surface area (Å²) in [7, 11) is -3.97. The van der Waals surface area contributed by atoms with Gasteiger partial charge in [0.25, 0.3) is 10.0 Å². The zero-order valence-electron chi connectivity index (χ0n) is 10.8. The van der Waals surface area contributed by atoms with Crippen LogP contribution in [0.2, 0.25) is 8.67 Å². The number of nitrogens with zero attached hydrogens (tertiary/aromatic N) is 2. The van der Waals surface area contributed by atoms with Gasteiger partial charge in [-0.25, -0.2) is 12.7 Å². The lowest BCUT2D eigenvalue weighted by Crippen LogP contribution is -2.37. The third-order valence-electron chi connectivity index (χ3n) is 2.71. The van der Waals surface area contributed by atoms with Crippen LogP contribution < -0.4 is 4.31 Å². The topological polar surface area (TPSA) is 61.2 Å². The lowest BCUT2D eigenvalue weighted by Gasteiger charge is -2.26. The minimum Gasteiger partial charge on any atom is -0.249 e. The van der Waals surface area contributed by atoms with Crippen molar-refractivity contribution < 1.29 is 8.42 Å². The normalized spacial score (nSPS) is 12.7. The van der Waals surface area contributed by atoms with Crippen LogP contribution in [0.3, 0.4) is 0 Å². The molecule has 0 aliphatic carbocycles. The van der Waals surface area contributed by atoms with Crippen molar-refractivity contribution in [2.24, 2.45) is 0 Å². The monoisotopic (exact) mass is 360 g/mol. The molecule has 0 radical (unpaired) electrons. The SMILES string of the molecule is C[C@H](C#N)N(c1ccccc1)S(=O)(=O)c1cc(Cl)sc1Cl. The molecular formula is C13H10Cl2N2O2S2. The van der Waals surface area contributed by atoms with Crippen molar-refractivity contribution in [3.05, 3.63) is 45.1 Å². The number of sulfonamides is 1. The predicted octanol–water partition coefficient (Wildman–Crippen LogP) is 4.16. The highest BCUT2D eigenvalue weighted by molar-refractivity contribution is 7.93. The number of thiophene rings is 1. The Bertz CT molecular complexity index is 782. The molecule has 0 saturated heterocycles. The van der Waals surface area contributed by atoms with Crippen molar-refractivity contribution in [2.45, 2.75) is 17.9 Å². The molecule has 0 N–H and O–H groups in total. The molecule has 0 amide bonds. The Morgan fingerprint density at radius 1 is 1.29 bits per heavy atom. The van der Waals surface area contributed by atoms with Crippen LogP contribution in [0.1, 0.15) is 6.92 Å². The maximum atomic E-state index is 12.8. The van der Waals surface area contributed by atoms with E-state index in [1.54, 1.807) is 30.3 Å². The van der Waals surface area contributed by atoms with Crippen molar-refractivity contribution >= 4 is 50.2 Å². The Kier molecular flexibility index (Phi) is 4.79. The highest BCUT2D eigenvalue weighted by atomic mass is 35.5. The fourth-order valence-electron chi connectivity index (χ4n) is 1.80. The molecular weight excluding hydrogens is 351 g/mol. The van der Waals surface area contributed by atoms with Gasteiger partial charge in [-0.05, 0) is 25.1 Å². The number of hydrogen-bond donors (Lipinski definition) is 0. The molecule has 0 fully saturated rings. The van der Waals surface area contributed by atoms with Gasteiger partial charge < -0.3 is 0 Å². The highest BCUT2D eigenvalue weighted by Crippen LogP contribution is 2.37. The van der Waals surface area contributed by atoms with E-state index in [4.69, 9.17) is 28.5 Å². The summed E-state index contributed by atoms with van der Waals surface area (Å²) in [4.78, 5) is -0.0925. The van der Waals surface area contributed by atoms with Crippen molar-refractivity contribution in [1.29, 1.82) is 5.26 Å². The van der Waals surface area contributed by atoms with Gasteiger partial charge in [-0.1, -0.05) is 41.4 Å². The first kappa shape index (κ1) is 16.1. The Morgan fingerprint density at radius 2 is 1.90 bits per heavy atom. The van der Waals surface area contributed by atoms with Gasteiger partial charge in [0.05, 0.1) is 16.1 Å². The van der Waals surface area contributed by atoms with Crippen molar-refractivity contribution in [3.63, 3.8) is 0 Å². The lowest BCUT2D eigenvalue weighted by molar-refractivity contribution is 0.588. The van der Waals surface area contributed by atoms with E-state index in [1.165, 1.54) is 13.0 Å². The number of benzene rings is 1. The van der Waals surface area contributed by atoms with Gasteiger partial charge in [0.15, 0.2) is 0 Å². The summed E-state index contributed by atoms with van der Waals surface area (Å²) in [5.74, 6) is 0. The number of hydrogen-bond acceptors (Lipinski definition) is 4. The molecule has 0 bridgehead atoms. The number of halogens is 2. The van der Waals surface area contributed by atoms with Gasteiger partial charge in [0.2, 0.25) is 0 Å². The fourth-order valence-corrected chi connectivity index (χ4v) is 5.49. The number of nitriles is 1. The van der Waals surface area contributed by atoms with Crippen LogP contribution in [0.4, 0.5) is 5.69 Å². The maximum absolute atomic E-state index is 12.8. The Balaban J connectivity index is 2.62. The third-order valence-corrected chi connectivity index (χ3v) is 6.36. The molecule has 1 heterocycles. The van der Waals surface area contributed by atoms with Crippen LogP contribution in [-0.4, -0.2) is 14.5 Å². The van der Waals surface area contributed by atoms with Crippen LogP contribution in [0, 0.1) is 11.3 Å². The second-order valence-electron chi connectivity index (χ2n) is 4.13. The van der Waals surface area contributed by atoms with Gasteiger partial charge in [0.1, 0.15) is 15.3 Å². The average Bonchev–Trinajstić information content (AvgIpc) is 2.79. The number of rotatable bonds is 4. The molecule has 1 atom stereocenters. The zero-order chi connectivity index (χ0) is 15.6. The van der Waals surface area contributed by atoms with E-state index >= 15 is 0 Å². The predicted molar refractivity (Wildman–Crippen MR) is 85.5 cm³/mol. The molecule has 8 heteroatoms. The summed E-state index contributed by atoms with van der Waals surface area (Å²) in [6.07, 6.45) is 0. The first-order valence-corrected chi connectivity index (χ1v) is 8.83. The van der Waals surface area contributed by atoms with Crippen molar-refractivity contribution in [3.8, 4) is 6.07 Å². The van der Waals surface area contributed by atoms with Crippen molar-refractivity contribution in [1.82, 2.24) is 0 Å². The van der Waals surface area contributed by atoms with Crippen LogP contribution >= 0.6 is 34.5 Å². The van der Waals surface area contributed by atoms with Gasteiger partial charge in [-0.3, -0.25) is 0 Å².